The number of nitrogens with one attached hydrogen (secondary N) is 1. The van der Waals surface area contributed by atoms with Gasteiger partial charge in [0.05, 0.1) is 0 Å². The maximum atomic E-state index is 13.1. The molecule has 1 N–H and O–H groups in total. The minimum absolute atomic E-state index is 0.00542. The molecule has 2 unspecified atom stereocenters. The maximum Gasteiger partial charge on any atom is 0.325 e. The summed E-state index contributed by atoms with van der Waals surface area (Å²) in [6.45, 7) is 5.34. The third kappa shape index (κ3) is 2.76. The van der Waals surface area contributed by atoms with Gasteiger partial charge in [-0.1, -0.05) is 48.0 Å². The summed E-state index contributed by atoms with van der Waals surface area (Å²) in [4.78, 5) is 41.3. The van der Waals surface area contributed by atoms with Crippen LogP contribution in [0.1, 0.15) is 30.5 Å². The Labute approximate surface area is 164 Å². The van der Waals surface area contributed by atoms with E-state index in [0.29, 0.717) is 5.56 Å². The number of carbonyl (C=O) groups is 3. The molecule has 2 heterocycles. The summed E-state index contributed by atoms with van der Waals surface area (Å²) < 4.78 is 0. The van der Waals surface area contributed by atoms with Crippen LogP contribution in [-0.2, 0) is 21.5 Å². The quantitative estimate of drug-likeness (QED) is 0.836. The van der Waals surface area contributed by atoms with E-state index in [1.165, 1.54) is 0 Å². The highest BCUT2D eigenvalue weighted by molar-refractivity contribution is 6.10. The third-order valence-electron chi connectivity index (χ3n) is 5.67. The van der Waals surface area contributed by atoms with E-state index in [0.717, 1.165) is 28.1 Å². The van der Waals surface area contributed by atoms with Crippen LogP contribution in [0.2, 0.25) is 0 Å². The van der Waals surface area contributed by atoms with E-state index < -0.39 is 17.5 Å². The Morgan fingerprint density at radius 3 is 2.54 bits per heavy atom. The van der Waals surface area contributed by atoms with E-state index in [1.54, 1.807) is 11.8 Å². The van der Waals surface area contributed by atoms with Gasteiger partial charge < -0.3 is 10.2 Å². The fourth-order valence-corrected chi connectivity index (χ4v) is 4.08. The predicted molar refractivity (Wildman–Crippen MR) is 106 cm³/mol. The molecule has 0 aromatic heterocycles. The number of para-hydroxylation sites is 1. The van der Waals surface area contributed by atoms with Gasteiger partial charge in [-0.2, -0.15) is 0 Å². The van der Waals surface area contributed by atoms with Crippen molar-refractivity contribution in [3.05, 3.63) is 65.2 Å². The Hall–Kier alpha value is -3.15. The molecule has 2 atom stereocenters. The Bertz CT molecular complexity index is 969. The van der Waals surface area contributed by atoms with Gasteiger partial charge >= 0.3 is 6.03 Å². The van der Waals surface area contributed by atoms with Gasteiger partial charge in [0.1, 0.15) is 12.1 Å². The zero-order valence-electron chi connectivity index (χ0n) is 16.2. The first-order chi connectivity index (χ1) is 13.3. The van der Waals surface area contributed by atoms with Crippen molar-refractivity contribution >= 4 is 23.5 Å². The Kier molecular flexibility index (Phi) is 4.22. The molecule has 1 fully saturated rings. The lowest BCUT2D eigenvalue weighted by Crippen LogP contribution is -2.46. The van der Waals surface area contributed by atoms with Gasteiger partial charge in [0.25, 0.3) is 5.91 Å². The second-order valence-electron chi connectivity index (χ2n) is 7.76. The molecule has 0 spiro atoms. The maximum absolute atomic E-state index is 13.1. The van der Waals surface area contributed by atoms with Crippen LogP contribution < -0.4 is 10.2 Å². The van der Waals surface area contributed by atoms with Crippen LogP contribution in [0.15, 0.2) is 48.5 Å². The average Bonchev–Trinajstić information content (AvgIpc) is 3.11. The summed E-state index contributed by atoms with van der Waals surface area (Å²) in [5.41, 5.74) is 2.56. The van der Waals surface area contributed by atoms with Crippen LogP contribution in [-0.4, -0.2) is 35.3 Å². The number of fused-ring (bicyclic) bond motifs is 1. The Morgan fingerprint density at radius 2 is 1.82 bits per heavy atom. The zero-order valence-corrected chi connectivity index (χ0v) is 16.2. The van der Waals surface area contributed by atoms with Crippen molar-refractivity contribution in [1.82, 2.24) is 10.2 Å². The number of imide groups is 1. The van der Waals surface area contributed by atoms with Crippen LogP contribution in [0.5, 0.6) is 0 Å². The van der Waals surface area contributed by atoms with Crippen LogP contribution >= 0.6 is 0 Å². The van der Waals surface area contributed by atoms with Gasteiger partial charge in [-0.3, -0.25) is 14.5 Å². The molecule has 144 valence electrons. The number of nitrogens with zero attached hydrogens (tertiary/aromatic N) is 2. The molecule has 2 aromatic rings. The van der Waals surface area contributed by atoms with E-state index in [2.05, 4.69) is 5.32 Å². The molecule has 2 aliphatic heterocycles. The first kappa shape index (κ1) is 18.2. The van der Waals surface area contributed by atoms with Crippen molar-refractivity contribution in [1.29, 1.82) is 0 Å². The number of rotatable bonds is 3. The lowest BCUT2D eigenvalue weighted by molar-refractivity contribution is -0.134. The number of benzene rings is 2. The number of aryl methyl sites for hydroxylation is 1. The van der Waals surface area contributed by atoms with Gasteiger partial charge in [-0.15, -0.1) is 0 Å². The lowest BCUT2D eigenvalue weighted by Gasteiger charge is -2.25. The fraction of sp³-hybridized carbons (Fsp3) is 0.318. The molecular formula is C22H23N3O3. The normalized spacial score (nSPS) is 23.8. The SMILES string of the molecule is Cc1ccc(C2(C)NC(=O)N(CC(=O)N3c4ccccc4CC3C)C2=O)cc1. The van der Waals surface area contributed by atoms with E-state index in [9.17, 15) is 14.4 Å². The predicted octanol–water partition coefficient (Wildman–Crippen LogP) is 2.74. The number of carbonyl (C=O) groups excluding carboxylic acids is 3. The third-order valence-corrected chi connectivity index (χ3v) is 5.67. The molecule has 28 heavy (non-hydrogen) atoms. The summed E-state index contributed by atoms with van der Waals surface area (Å²) in [5, 5.41) is 2.76. The molecule has 1 saturated heterocycles. The molecular weight excluding hydrogens is 354 g/mol. The number of hydrogen-bond acceptors (Lipinski definition) is 3. The van der Waals surface area contributed by atoms with Gasteiger partial charge in [-0.25, -0.2) is 4.79 Å². The summed E-state index contributed by atoms with van der Waals surface area (Å²) in [6.07, 6.45) is 0.767. The molecule has 6 nitrogen and oxygen atoms in total. The van der Waals surface area contributed by atoms with Gasteiger partial charge in [-0.05, 0) is 44.4 Å². The smallest absolute Gasteiger partial charge is 0.319 e. The van der Waals surface area contributed by atoms with E-state index in [-0.39, 0.29) is 18.5 Å². The van der Waals surface area contributed by atoms with E-state index in [4.69, 9.17) is 0 Å². The minimum atomic E-state index is -1.17. The average molecular weight is 377 g/mol. The van der Waals surface area contributed by atoms with Crippen LogP contribution in [0.25, 0.3) is 0 Å². The summed E-state index contributed by atoms with van der Waals surface area (Å²) in [5.74, 6) is -0.663. The highest BCUT2D eigenvalue weighted by Gasteiger charge is 2.50. The number of urea groups is 1. The molecule has 0 radical (unpaired) electrons. The van der Waals surface area contributed by atoms with Gasteiger partial charge in [0.15, 0.2) is 0 Å². The van der Waals surface area contributed by atoms with Crippen molar-refractivity contribution < 1.29 is 14.4 Å². The molecule has 0 saturated carbocycles. The van der Waals surface area contributed by atoms with E-state index >= 15 is 0 Å². The minimum Gasteiger partial charge on any atom is -0.319 e. The number of amides is 4. The van der Waals surface area contributed by atoms with E-state index in [1.807, 2.05) is 62.4 Å². The molecule has 0 aliphatic carbocycles. The standard InChI is InChI=1S/C22H23N3O3/c1-14-8-10-17(11-9-14)22(3)20(27)24(21(28)23-22)13-19(26)25-15(2)12-16-6-4-5-7-18(16)25/h4-11,15H,12-13H2,1-3H3,(H,23,28). The molecule has 2 aliphatic rings. The monoisotopic (exact) mass is 377 g/mol. The Balaban J connectivity index is 1.57. The van der Waals surface area contributed by atoms with Crippen LogP contribution in [0.4, 0.5) is 10.5 Å². The topological polar surface area (TPSA) is 69.7 Å². The lowest BCUT2D eigenvalue weighted by atomic mass is 9.91. The van der Waals surface area contributed by atoms with Crippen molar-refractivity contribution in [3.8, 4) is 0 Å². The fourth-order valence-electron chi connectivity index (χ4n) is 4.08. The first-order valence-electron chi connectivity index (χ1n) is 9.42. The second kappa shape index (κ2) is 6.48. The first-order valence-corrected chi connectivity index (χ1v) is 9.42. The summed E-state index contributed by atoms with van der Waals surface area (Å²) >= 11 is 0. The van der Waals surface area contributed by atoms with Crippen LogP contribution in [0.3, 0.4) is 0 Å². The molecule has 4 amide bonds. The van der Waals surface area contributed by atoms with Crippen LogP contribution in [0, 0.1) is 6.92 Å². The molecule has 2 aromatic carbocycles. The molecule has 6 heteroatoms. The largest absolute Gasteiger partial charge is 0.325 e. The van der Waals surface area contributed by atoms with Gasteiger partial charge in [0.2, 0.25) is 5.91 Å². The van der Waals surface area contributed by atoms with Crippen molar-refractivity contribution in [2.75, 3.05) is 11.4 Å². The number of hydrogen-bond donors (Lipinski definition) is 1. The highest BCUT2D eigenvalue weighted by Crippen LogP contribution is 2.33. The van der Waals surface area contributed by atoms with Crippen molar-refractivity contribution in [2.45, 2.75) is 38.8 Å². The molecule has 0 bridgehead atoms. The Morgan fingerprint density at radius 1 is 1.14 bits per heavy atom. The van der Waals surface area contributed by atoms with Crippen molar-refractivity contribution in [2.24, 2.45) is 0 Å². The zero-order chi connectivity index (χ0) is 20.1. The molecule has 4 rings (SSSR count). The summed E-state index contributed by atoms with van der Waals surface area (Å²) in [6, 6.07) is 14.7. The highest BCUT2D eigenvalue weighted by atomic mass is 16.2. The summed E-state index contributed by atoms with van der Waals surface area (Å²) in [7, 11) is 0. The number of anilines is 1. The second-order valence-corrected chi connectivity index (χ2v) is 7.76. The van der Waals surface area contributed by atoms with Crippen molar-refractivity contribution in [3.63, 3.8) is 0 Å². The van der Waals surface area contributed by atoms with Gasteiger partial charge in [0, 0.05) is 11.7 Å².